The highest BCUT2D eigenvalue weighted by atomic mass is 35.5. The fourth-order valence-corrected chi connectivity index (χ4v) is 5.13. The minimum atomic E-state index is -3.90. The summed E-state index contributed by atoms with van der Waals surface area (Å²) < 4.78 is 33.6. The first-order chi connectivity index (χ1) is 18.1. The Morgan fingerprint density at radius 3 is 2.26 bits per heavy atom. The second kappa shape index (κ2) is 10.2. The number of halogens is 1. The number of nitrogens with zero attached hydrogens (tertiary/aromatic N) is 3. The van der Waals surface area contributed by atoms with Crippen LogP contribution in [0.1, 0.15) is 63.9 Å². The minimum absolute atomic E-state index is 0.0132. The standard InChI is InChI=1S/C29H31ClN4O4S/c1-17-12-13-31-27(33-17)34-39(36,37)20-10-8-19(9-11-20)32-16-22-24(30)21-14-18(28(2,3)4)15-23(29(5,6)7)25(21)38-26(22)35/h8-16H,1-7H3,(H,31,33,34). The van der Waals surface area contributed by atoms with Crippen LogP contribution in [0.5, 0.6) is 0 Å². The first kappa shape index (κ1) is 28.4. The molecule has 1 N–H and O–H groups in total. The van der Waals surface area contributed by atoms with E-state index in [4.69, 9.17) is 16.0 Å². The van der Waals surface area contributed by atoms with E-state index < -0.39 is 15.6 Å². The van der Waals surface area contributed by atoms with Crippen LogP contribution in [0.2, 0.25) is 5.02 Å². The Balaban J connectivity index is 1.70. The smallest absolute Gasteiger partial charge is 0.346 e. The fourth-order valence-electron chi connectivity index (χ4n) is 3.91. The van der Waals surface area contributed by atoms with Crippen LogP contribution in [0.25, 0.3) is 11.0 Å². The SMILES string of the molecule is Cc1ccnc(NS(=O)(=O)c2ccc(N=Cc3c(Cl)c4cc(C(C)(C)C)cc(C(C)(C)C)c4oc3=O)cc2)n1. The summed E-state index contributed by atoms with van der Waals surface area (Å²) in [5, 5.41) is 0.893. The number of nitrogens with one attached hydrogen (secondary N) is 1. The molecular formula is C29H31ClN4O4S. The van der Waals surface area contributed by atoms with Crippen LogP contribution in [0, 0.1) is 6.92 Å². The lowest BCUT2D eigenvalue weighted by Gasteiger charge is -2.26. The molecule has 0 aliphatic heterocycles. The highest BCUT2D eigenvalue weighted by Gasteiger charge is 2.26. The Morgan fingerprint density at radius 2 is 1.67 bits per heavy atom. The van der Waals surface area contributed by atoms with Crippen molar-refractivity contribution in [2.75, 3.05) is 4.72 Å². The molecule has 0 atom stereocenters. The number of aliphatic imine (C=N–C) groups is 1. The van der Waals surface area contributed by atoms with Crippen LogP contribution in [0.3, 0.4) is 0 Å². The average molecular weight is 567 g/mol. The Kier molecular flexibility index (Phi) is 7.44. The van der Waals surface area contributed by atoms with Gasteiger partial charge in [0.1, 0.15) is 5.58 Å². The number of aryl methyl sites for hydroxylation is 1. The lowest BCUT2D eigenvalue weighted by molar-refractivity contribution is 0.524. The highest BCUT2D eigenvalue weighted by Crippen LogP contribution is 2.37. The molecule has 0 amide bonds. The van der Waals surface area contributed by atoms with E-state index in [2.05, 4.69) is 67.3 Å². The van der Waals surface area contributed by atoms with Gasteiger partial charge in [-0.2, -0.15) is 0 Å². The quantitative estimate of drug-likeness (QED) is 0.212. The van der Waals surface area contributed by atoms with Crippen molar-refractivity contribution in [2.45, 2.75) is 64.2 Å². The van der Waals surface area contributed by atoms with Crippen LogP contribution in [0.15, 0.2) is 67.8 Å². The lowest BCUT2D eigenvalue weighted by atomic mass is 9.79. The molecule has 204 valence electrons. The number of benzene rings is 2. The molecule has 4 rings (SSSR count). The summed E-state index contributed by atoms with van der Waals surface area (Å²) in [4.78, 5) is 25.3. The third-order valence-corrected chi connectivity index (χ3v) is 7.91. The van der Waals surface area contributed by atoms with E-state index in [-0.39, 0.29) is 32.3 Å². The summed E-state index contributed by atoms with van der Waals surface area (Å²) in [7, 11) is -3.90. The van der Waals surface area contributed by atoms with Gasteiger partial charge in [0.2, 0.25) is 5.95 Å². The van der Waals surface area contributed by atoms with E-state index in [9.17, 15) is 13.2 Å². The molecule has 2 aromatic carbocycles. The van der Waals surface area contributed by atoms with E-state index >= 15 is 0 Å². The van der Waals surface area contributed by atoms with Gasteiger partial charge in [-0.1, -0.05) is 59.2 Å². The lowest BCUT2D eigenvalue weighted by Crippen LogP contribution is -2.18. The van der Waals surface area contributed by atoms with Gasteiger partial charge < -0.3 is 4.42 Å². The Bertz CT molecular complexity index is 1750. The van der Waals surface area contributed by atoms with Crippen molar-refractivity contribution in [3.05, 3.63) is 86.5 Å². The van der Waals surface area contributed by atoms with Crippen LogP contribution < -0.4 is 10.3 Å². The summed E-state index contributed by atoms with van der Waals surface area (Å²) in [6, 6.07) is 11.5. The molecule has 2 aromatic heterocycles. The molecule has 10 heteroatoms. The third kappa shape index (κ3) is 6.20. The number of aromatic nitrogens is 2. The predicted octanol–water partition coefficient (Wildman–Crippen LogP) is 6.69. The predicted molar refractivity (Wildman–Crippen MR) is 156 cm³/mol. The first-order valence-corrected chi connectivity index (χ1v) is 14.2. The van der Waals surface area contributed by atoms with Crippen molar-refractivity contribution >= 4 is 50.4 Å². The van der Waals surface area contributed by atoms with Crippen molar-refractivity contribution in [1.82, 2.24) is 9.97 Å². The summed E-state index contributed by atoms with van der Waals surface area (Å²) >= 11 is 6.78. The molecule has 0 saturated heterocycles. The number of anilines is 1. The molecule has 8 nitrogen and oxygen atoms in total. The maximum Gasteiger partial charge on any atom is 0.346 e. The maximum atomic E-state index is 13.0. The average Bonchev–Trinajstić information content (AvgIpc) is 2.82. The van der Waals surface area contributed by atoms with Gasteiger partial charge >= 0.3 is 5.63 Å². The van der Waals surface area contributed by atoms with Crippen LogP contribution in [-0.2, 0) is 20.9 Å². The summed E-state index contributed by atoms with van der Waals surface area (Å²) in [6.45, 7) is 14.3. The van der Waals surface area contributed by atoms with Crippen LogP contribution in [-0.4, -0.2) is 24.6 Å². The Morgan fingerprint density at radius 1 is 1.00 bits per heavy atom. The highest BCUT2D eigenvalue weighted by molar-refractivity contribution is 7.92. The molecule has 0 spiro atoms. The number of hydrogen-bond donors (Lipinski definition) is 1. The molecule has 39 heavy (non-hydrogen) atoms. The zero-order valence-electron chi connectivity index (χ0n) is 23.0. The number of hydrogen-bond acceptors (Lipinski definition) is 7. The van der Waals surface area contributed by atoms with Gasteiger partial charge in [-0.25, -0.2) is 27.9 Å². The topological polar surface area (TPSA) is 115 Å². The van der Waals surface area contributed by atoms with E-state index in [0.717, 1.165) is 11.1 Å². The molecule has 0 unspecified atom stereocenters. The molecular weight excluding hydrogens is 536 g/mol. The molecule has 0 radical (unpaired) electrons. The van der Waals surface area contributed by atoms with E-state index in [1.165, 1.54) is 36.7 Å². The van der Waals surface area contributed by atoms with Gasteiger partial charge in [0.15, 0.2) is 0 Å². The van der Waals surface area contributed by atoms with Crippen molar-refractivity contribution in [2.24, 2.45) is 4.99 Å². The largest absolute Gasteiger partial charge is 0.422 e. The van der Waals surface area contributed by atoms with Gasteiger partial charge in [0, 0.05) is 29.1 Å². The van der Waals surface area contributed by atoms with E-state index in [1.54, 1.807) is 13.0 Å². The van der Waals surface area contributed by atoms with Gasteiger partial charge in [-0.3, -0.25) is 4.99 Å². The summed E-state index contributed by atoms with van der Waals surface area (Å²) in [5.41, 5.74) is 2.57. The molecule has 4 aromatic rings. The first-order valence-electron chi connectivity index (χ1n) is 12.3. The monoisotopic (exact) mass is 566 g/mol. The van der Waals surface area contributed by atoms with Crippen molar-refractivity contribution in [3.63, 3.8) is 0 Å². The Hall–Kier alpha value is -3.56. The summed E-state index contributed by atoms with van der Waals surface area (Å²) in [5.74, 6) is -0.0148. The normalized spacial score (nSPS) is 12.8. The van der Waals surface area contributed by atoms with Gasteiger partial charge in [-0.15, -0.1) is 0 Å². The molecule has 0 fully saturated rings. The van der Waals surface area contributed by atoms with Crippen LogP contribution in [0.4, 0.5) is 11.6 Å². The van der Waals surface area contributed by atoms with Crippen molar-refractivity contribution < 1.29 is 12.8 Å². The molecule has 0 bridgehead atoms. The van der Waals surface area contributed by atoms with Gasteiger partial charge in [0.25, 0.3) is 10.0 Å². The zero-order chi connectivity index (χ0) is 28.8. The Labute approximate surface area is 233 Å². The number of sulfonamides is 1. The van der Waals surface area contributed by atoms with Crippen molar-refractivity contribution in [3.8, 4) is 0 Å². The summed E-state index contributed by atoms with van der Waals surface area (Å²) in [6.07, 6.45) is 2.82. The molecule has 2 heterocycles. The molecule has 0 aliphatic rings. The van der Waals surface area contributed by atoms with Crippen molar-refractivity contribution in [1.29, 1.82) is 0 Å². The van der Waals surface area contributed by atoms with E-state index in [0.29, 0.717) is 22.4 Å². The maximum absolute atomic E-state index is 13.0. The van der Waals surface area contributed by atoms with E-state index in [1.807, 2.05) is 6.07 Å². The number of rotatable bonds is 5. The fraction of sp³-hybridized carbons (Fsp3) is 0.310. The molecule has 0 saturated carbocycles. The molecule has 0 aliphatic carbocycles. The number of fused-ring (bicyclic) bond motifs is 1. The second-order valence-corrected chi connectivity index (χ2v) is 13.5. The minimum Gasteiger partial charge on any atom is -0.422 e. The second-order valence-electron chi connectivity index (χ2n) is 11.4. The zero-order valence-corrected chi connectivity index (χ0v) is 24.5. The van der Waals surface area contributed by atoms with Gasteiger partial charge in [-0.05, 0) is 59.7 Å². The van der Waals surface area contributed by atoms with Crippen LogP contribution >= 0.6 is 11.6 Å². The third-order valence-electron chi connectivity index (χ3n) is 6.16. The van der Waals surface area contributed by atoms with Gasteiger partial charge in [0.05, 0.1) is 21.2 Å².